The Morgan fingerprint density at radius 1 is 1.26 bits per heavy atom. The largest absolute Gasteiger partial charge is 0.380 e. The molecule has 0 heterocycles. The molecule has 2 rings (SSSR count). The van der Waals surface area contributed by atoms with Crippen molar-refractivity contribution in [3.63, 3.8) is 0 Å². The summed E-state index contributed by atoms with van der Waals surface area (Å²) < 4.78 is 5.17. The van der Waals surface area contributed by atoms with Gasteiger partial charge in [-0.1, -0.05) is 44.0 Å². The number of ether oxygens (including phenoxy) is 1. The Hall–Kier alpha value is -0.860. The molecule has 1 saturated carbocycles. The Balaban J connectivity index is 1.74. The molecule has 1 aromatic rings. The SMILES string of the molecule is COCc1cccc(CNCC2CCCC(C)C2)c1. The van der Waals surface area contributed by atoms with Gasteiger partial charge in [0.2, 0.25) is 0 Å². The van der Waals surface area contributed by atoms with Gasteiger partial charge in [0.05, 0.1) is 6.61 Å². The second-order valence-corrected chi connectivity index (χ2v) is 6.02. The minimum atomic E-state index is 0.702. The Kier molecular flexibility index (Phi) is 5.87. The van der Waals surface area contributed by atoms with Crippen molar-refractivity contribution in [3.05, 3.63) is 35.4 Å². The van der Waals surface area contributed by atoms with E-state index in [1.807, 2.05) is 0 Å². The summed E-state index contributed by atoms with van der Waals surface area (Å²) in [6, 6.07) is 8.67. The fourth-order valence-corrected chi connectivity index (χ4v) is 3.16. The van der Waals surface area contributed by atoms with Crippen molar-refractivity contribution in [1.29, 1.82) is 0 Å². The Bertz CT molecular complexity index is 377. The zero-order valence-corrected chi connectivity index (χ0v) is 12.3. The number of rotatable bonds is 6. The second-order valence-electron chi connectivity index (χ2n) is 6.02. The summed E-state index contributed by atoms with van der Waals surface area (Å²) >= 11 is 0. The van der Waals surface area contributed by atoms with Crippen LogP contribution in [-0.2, 0) is 17.9 Å². The van der Waals surface area contributed by atoms with Crippen molar-refractivity contribution in [3.8, 4) is 0 Å². The molecule has 1 aliphatic rings. The number of benzene rings is 1. The molecule has 2 heteroatoms. The average Bonchev–Trinajstić information content (AvgIpc) is 2.40. The van der Waals surface area contributed by atoms with E-state index in [1.54, 1.807) is 7.11 Å². The lowest BCUT2D eigenvalue weighted by molar-refractivity contribution is 0.185. The van der Waals surface area contributed by atoms with Gasteiger partial charge in [-0.15, -0.1) is 0 Å². The first-order chi connectivity index (χ1) is 9.28. The molecular weight excluding hydrogens is 234 g/mol. The monoisotopic (exact) mass is 261 g/mol. The number of methoxy groups -OCH3 is 1. The standard InChI is InChI=1S/C17H27NO/c1-14-5-3-6-15(9-14)11-18-12-16-7-4-8-17(10-16)13-19-2/h4,7-8,10,14-15,18H,3,5-6,9,11-13H2,1-2H3. The van der Waals surface area contributed by atoms with E-state index in [0.717, 1.165) is 18.4 Å². The molecular formula is C17H27NO. The highest BCUT2D eigenvalue weighted by molar-refractivity contribution is 5.22. The molecule has 2 unspecified atom stereocenters. The number of hydrogen-bond acceptors (Lipinski definition) is 2. The van der Waals surface area contributed by atoms with E-state index in [9.17, 15) is 0 Å². The van der Waals surface area contributed by atoms with E-state index in [1.165, 1.54) is 43.4 Å². The van der Waals surface area contributed by atoms with Crippen LogP contribution in [0.25, 0.3) is 0 Å². The van der Waals surface area contributed by atoms with E-state index in [-0.39, 0.29) is 0 Å². The molecule has 19 heavy (non-hydrogen) atoms. The molecule has 0 bridgehead atoms. The third-order valence-corrected chi connectivity index (χ3v) is 4.11. The van der Waals surface area contributed by atoms with Gasteiger partial charge >= 0.3 is 0 Å². The van der Waals surface area contributed by atoms with Gasteiger partial charge in [0, 0.05) is 13.7 Å². The predicted octanol–water partition coefficient (Wildman–Crippen LogP) is 3.75. The van der Waals surface area contributed by atoms with Gasteiger partial charge < -0.3 is 10.1 Å². The van der Waals surface area contributed by atoms with Crippen LogP contribution in [-0.4, -0.2) is 13.7 Å². The zero-order chi connectivity index (χ0) is 13.5. The average molecular weight is 261 g/mol. The van der Waals surface area contributed by atoms with Crippen molar-refractivity contribution in [2.75, 3.05) is 13.7 Å². The van der Waals surface area contributed by atoms with Gasteiger partial charge in [-0.3, -0.25) is 0 Å². The fourth-order valence-electron chi connectivity index (χ4n) is 3.16. The van der Waals surface area contributed by atoms with Gasteiger partial charge in [-0.25, -0.2) is 0 Å². The lowest BCUT2D eigenvalue weighted by Gasteiger charge is -2.26. The van der Waals surface area contributed by atoms with E-state index < -0.39 is 0 Å². The lowest BCUT2D eigenvalue weighted by Crippen LogP contribution is -2.26. The molecule has 0 amide bonds. The molecule has 1 aliphatic carbocycles. The second kappa shape index (κ2) is 7.66. The van der Waals surface area contributed by atoms with E-state index in [0.29, 0.717) is 6.61 Å². The topological polar surface area (TPSA) is 21.3 Å². The molecule has 1 fully saturated rings. The first-order valence-corrected chi connectivity index (χ1v) is 7.55. The third-order valence-electron chi connectivity index (χ3n) is 4.11. The number of hydrogen-bond donors (Lipinski definition) is 1. The molecule has 1 N–H and O–H groups in total. The Morgan fingerprint density at radius 3 is 2.89 bits per heavy atom. The van der Waals surface area contributed by atoms with Crippen LogP contribution in [0, 0.1) is 11.8 Å². The first-order valence-electron chi connectivity index (χ1n) is 7.55. The van der Waals surface area contributed by atoms with Gasteiger partial charge in [-0.2, -0.15) is 0 Å². The smallest absolute Gasteiger partial charge is 0.0713 e. The predicted molar refractivity (Wildman–Crippen MR) is 80.0 cm³/mol. The summed E-state index contributed by atoms with van der Waals surface area (Å²) in [7, 11) is 1.75. The minimum Gasteiger partial charge on any atom is -0.380 e. The molecule has 0 saturated heterocycles. The highest BCUT2D eigenvalue weighted by Gasteiger charge is 2.18. The number of nitrogens with one attached hydrogen (secondary N) is 1. The maximum Gasteiger partial charge on any atom is 0.0713 e. The maximum atomic E-state index is 5.17. The van der Waals surface area contributed by atoms with Gasteiger partial charge in [0.1, 0.15) is 0 Å². The molecule has 0 spiro atoms. The third kappa shape index (κ3) is 4.96. The Morgan fingerprint density at radius 2 is 2.11 bits per heavy atom. The first kappa shape index (κ1) is 14.5. The van der Waals surface area contributed by atoms with Crippen molar-refractivity contribution in [2.45, 2.75) is 45.8 Å². The van der Waals surface area contributed by atoms with Crippen molar-refractivity contribution in [2.24, 2.45) is 11.8 Å². The summed E-state index contributed by atoms with van der Waals surface area (Å²) in [5.74, 6) is 1.80. The highest BCUT2D eigenvalue weighted by Crippen LogP contribution is 2.27. The van der Waals surface area contributed by atoms with Gasteiger partial charge in [0.15, 0.2) is 0 Å². The van der Waals surface area contributed by atoms with Crippen LogP contribution < -0.4 is 5.32 Å². The van der Waals surface area contributed by atoms with E-state index in [2.05, 4.69) is 36.5 Å². The van der Waals surface area contributed by atoms with E-state index >= 15 is 0 Å². The summed E-state index contributed by atoms with van der Waals surface area (Å²) in [4.78, 5) is 0. The summed E-state index contributed by atoms with van der Waals surface area (Å²) in [6.45, 7) is 5.23. The highest BCUT2D eigenvalue weighted by atomic mass is 16.5. The molecule has 2 atom stereocenters. The minimum absolute atomic E-state index is 0.702. The van der Waals surface area contributed by atoms with Gasteiger partial charge in [0.25, 0.3) is 0 Å². The molecule has 0 aromatic heterocycles. The van der Waals surface area contributed by atoms with Crippen molar-refractivity contribution >= 4 is 0 Å². The summed E-state index contributed by atoms with van der Waals surface area (Å²) in [5, 5.41) is 3.62. The molecule has 0 radical (unpaired) electrons. The molecule has 2 nitrogen and oxygen atoms in total. The van der Waals surface area contributed by atoms with Crippen LogP contribution in [0.1, 0.15) is 43.7 Å². The Labute approximate surface area is 117 Å². The molecule has 0 aliphatic heterocycles. The maximum absolute atomic E-state index is 5.17. The van der Waals surface area contributed by atoms with E-state index in [4.69, 9.17) is 4.74 Å². The van der Waals surface area contributed by atoms with Crippen LogP contribution in [0.4, 0.5) is 0 Å². The van der Waals surface area contributed by atoms with Crippen LogP contribution in [0.2, 0.25) is 0 Å². The zero-order valence-electron chi connectivity index (χ0n) is 12.3. The van der Waals surface area contributed by atoms with Crippen LogP contribution in [0.15, 0.2) is 24.3 Å². The fraction of sp³-hybridized carbons (Fsp3) is 0.647. The summed E-state index contributed by atoms with van der Waals surface area (Å²) in [5.41, 5.74) is 2.62. The molecule has 1 aromatic carbocycles. The van der Waals surface area contributed by atoms with Crippen LogP contribution >= 0.6 is 0 Å². The summed E-state index contributed by atoms with van der Waals surface area (Å²) in [6.07, 6.45) is 5.64. The normalized spacial score (nSPS) is 23.5. The quantitative estimate of drug-likeness (QED) is 0.842. The molecule has 106 valence electrons. The van der Waals surface area contributed by atoms with Crippen LogP contribution in [0.5, 0.6) is 0 Å². The lowest BCUT2D eigenvalue weighted by atomic mass is 9.82. The van der Waals surface area contributed by atoms with Crippen molar-refractivity contribution < 1.29 is 4.74 Å². The van der Waals surface area contributed by atoms with Gasteiger partial charge in [-0.05, 0) is 42.3 Å². The van der Waals surface area contributed by atoms with Crippen molar-refractivity contribution in [1.82, 2.24) is 5.32 Å². The van der Waals surface area contributed by atoms with Crippen LogP contribution in [0.3, 0.4) is 0 Å².